The molecule has 196 valence electrons. The van der Waals surface area contributed by atoms with Gasteiger partial charge in [-0.15, -0.1) is 0 Å². The number of alkyl halides is 2. The SMILES string of the molecule is Cc1ccc2c(NC(=O)CC3CCC(F)(F)C3)cccc2c1Oc1ncccc1-c1ccnc(S(C)=O)n1. The highest BCUT2D eigenvalue weighted by Crippen LogP contribution is 2.41. The molecule has 0 aliphatic heterocycles. The van der Waals surface area contributed by atoms with Crippen LogP contribution in [0.1, 0.15) is 31.2 Å². The Labute approximate surface area is 221 Å². The van der Waals surface area contributed by atoms with Gasteiger partial charge in [-0.3, -0.25) is 9.00 Å². The Hall–Kier alpha value is -3.79. The molecular weight excluding hydrogens is 510 g/mol. The predicted octanol–water partition coefficient (Wildman–Crippen LogP) is 6.29. The van der Waals surface area contributed by atoms with E-state index >= 15 is 0 Å². The van der Waals surface area contributed by atoms with Gasteiger partial charge in [-0.25, -0.2) is 23.7 Å². The Bertz CT molecular complexity index is 1550. The minimum atomic E-state index is -2.68. The summed E-state index contributed by atoms with van der Waals surface area (Å²) in [5, 5.41) is 4.62. The van der Waals surface area contributed by atoms with E-state index in [4.69, 9.17) is 4.74 Å². The van der Waals surface area contributed by atoms with Crippen molar-refractivity contribution in [3.63, 3.8) is 0 Å². The number of carbonyl (C=O) groups is 1. The molecule has 1 N–H and O–H groups in total. The zero-order valence-electron chi connectivity index (χ0n) is 20.9. The van der Waals surface area contributed by atoms with Gasteiger partial charge in [0.2, 0.25) is 22.9 Å². The summed E-state index contributed by atoms with van der Waals surface area (Å²) in [4.78, 5) is 25.6. The molecule has 2 aromatic carbocycles. The second kappa shape index (κ2) is 10.5. The molecule has 1 amide bonds. The normalized spacial score (nSPS) is 17.3. The summed E-state index contributed by atoms with van der Waals surface area (Å²) in [5.74, 6) is -2.42. The minimum Gasteiger partial charge on any atom is -0.437 e. The van der Waals surface area contributed by atoms with Crippen LogP contribution in [0.25, 0.3) is 22.0 Å². The number of hydrogen-bond acceptors (Lipinski definition) is 6. The predicted molar refractivity (Wildman–Crippen MR) is 142 cm³/mol. The van der Waals surface area contributed by atoms with Crippen LogP contribution in [-0.2, 0) is 15.6 Å². The third-order valence-corrected chi connectivity index (χ3v) is 7.31. The third kappa shape index (κ3) is 5.55. The van der Waals surface area contributed by atoms with Gasteiger partial charge < -0.3 is 10.1 Å². The highest BCUT2D eigenvalue weighted by atomic mass is 32.2. The van der Waals surface area contributed by atoms with Gasteiger partial charge in [0.05, 0.1) is 22.1 Å². The number of aryl methyl sites for hydroxylation is 1. The first-order valence-electron chi connectivity index (χ1n) is 12.2. The van der Waals surface area contributed by atoms with E-state index < -0.39 is 16.7 Å². The van der Waals surface area contributed by atoms with Gasteiger partial charge in [0, 0.05) is 54.4 Å². The summed E-state index contributed by atoms with van der Waals surface area (Å²) in [6, 6.07) is 14.5. The molecule has 0 spiro atoms. The fourth-order valence-corrected chi connectivity index (χ4v) is 5.19. The molecule has 0 saturated heterocycles. The molecule has 1 aliphatic rings. The molecule has 4 aromatic rings. The van der Waals surface area contributed by atoms with E-state index in [1.165, 1.54) is 6.26 Å². The van der Waals surface area contributed by atoms with E-state index in [0.717, 1.165) is 16.3 Å². The van der Waals surface area contributed by atoms with E-state index in [0.29, 0.717) is 35.0 Å². The highest BCUT2D eigenvalue weighted by Gasteiger charge is 2.40. The van der Waals surface area contributed by atoms with Gasteiger partial charge >= 0.3 is 0 Å². The number of carbonyl (C=O) groups excluding carboxylic acids is 1. The van der Waals surface area contributed by atoms with Gasteiger partial charge in [0.1, 0.15) is 5.75 Å². The zero-order valence-corrected chi connectivity index (χ0v) is 21.7. The summed E-state index contributed by atoms with van der Waals surface area (Å²) in [7, 11) is -1.35. The van der Waals surface area contributed by atoms with Crippen LogP contribution in [0.2, 0.25) is 0 Å². The number of benzene rings is 2. The molecule has 2 atom stereocenters. The van der Waals surface area contributed by atoms with Crippen molar-refractivity contribution < 1.29 is 22.5 Å². The van der Waals surface area contributed by atoms with Crippen molar-refractivity contribution in [1.82, 2.24) is 15.0 Å². The summed E-state index contributed by atoms with van der Waals surface area (Å²) in [6.45, 7) is 1.91. The van der Waals surface area contributed by atoms with Crippen LogP contribution in [0.15, 0.2) is 66.1 Å². The average Bonchev–Trinajstić information content (AvgIpc) is 3.23. The Morgan fingerprint density at radius 1 is 1.11 bits per heavy atom. The Kier molecular flexibility index (Phi) is 7.16. The number of pyridine rings is 1. The molecule has 0 radical (unpaired) electrons. The Morgan fingerprint density at radius 3 is 2.71 bits per heavy atom. The number of nitrogens with zero attached hydrogens (tertiary/aromatic N) is 3. The topological polar surface area (TPSA) is 94.1 Å². The monoisotopic (exact) mass is 536 g/mol. The Balaban J connectivity index is 1.45. The maximum atomic E-state index is 13.6. The van der Waals surface area contributed by atoms with Gasteiger partial charge in [-0.2, -0.15) is 0 Å². The second-order valence-corrected chi connectivity index (χ2v) is 10.7. The van der Waals surface area contributed by atoms with E-state index in [1.807, 2.05) is 31.2 Å². The number of amides is 1. The van der Waals surface area contributed by atoms with Crippen molar-refractivity contribution in [2.45, 2.75) is 43.7 Å². The Morgan fingerprint density at radius 2 is 1.95 bits per heavy atom. The van der Waals surface area contributed by atoms with Crippen molar-refractivity contribution in [3.05, 3.63) is 66.5 Å². The number of nitrogens with one attached hydrogen (secondary N) is 1. The molecule has 2 heterocycles. The molecule has 0 bridgehead atoms. The van der Waals surface area contributed by atoms with Crippen molar-refractivity contribution in [2.75, 3.05) is 11.6 Å². The molecule has 2 aromatic heterocycles. The van der Waals surface area contributed by atoms with Crippen LogP contribution in [0, 0.1) is 12.8 Å². The van der Waals surface area contributed by atoms with Gasteiger partial charge in [0.15, 0.2) is 0 Å². The largest absolute Gasteiger partial charge is 0.437 e. The lowest BCUT2D eigenvalue weighted by Gasteiger charge is -2.16. The van der Waals surface area contributed by atoms with E-state index in [1.54, 1.807) is 36.7 Å². The van der Waals surface area contributed by atoms with E-state index in [2.05, 4.69) is 20.3 Å². The molecule has 38 heavy (non-hydrogen) atoms. The fourth-order valence-electron chi connectivity index (χ4n) is 4.76. The summed E-state index contributed by atoms with van der Waals surface area (Å²) in [6.07, 6.45) is 4.66. The lowest BCUT2D eigenvalue weighted by Crippen LogP contribution is -2.17. The van der Waals surface area contributed by atoms with Gasteiger partial charge in [0.25, 0.3) is 0 Å². The molecule has 2 unspecified atom stereocenters. The maximum Gasteiger partial charge on any atom is 0.248 e. The average molecular weight is 537 g/mol. The number of rotatable bonds is 7. The number of halogens is 2. The van der Waals surface area contributed by atoms with Crippen molar-refractivity contribution in [2.24, 2.45) is 5.92 Å². The highest BCUT2D eigenvalue weighted by molar-refractivity contribution is 7.84. The molecule has 1 aliphatic carbocycles. The summed E-state index contributed by atoms with van der Waals surface area (Å²) >= 11 is 0. The third-order valence-electron chi connectivity index (χ3n) is 6.60. The van der Waals surface area contributed by atoms with Gasteiger partial charge in [-0.1, -0.05) is 24.3 Å². The minimum absolute atomic E-state index is 0.0575. The molecule has 1 saturated carbocycles. The van der Waals surface area contributed by atoms with Crippen LogP contribution in [0.5, 0.6) is 11.6 Å². The lowest BCUT2D eigenvalue weighted by atomic mass is 10.0. The molecule has 1 fully saturated rings. The van der Waals surface area contributed by atoms with Crippen LogP contribution in [-0.4, -0.2) is 37.2 Å². The van der Waals surface area contributed by atoms with Crippen LogP contribution < -0.4 is 10.1 Å². The summed E-state index contributed by atoms with van der Waals surface area (Å²) < 4.78 is 45.4. The molecule has 10 heteroatoms. The molecular formula is C28H26F2N4O3S. The maximum absolute atomic E-state index is 13.6. The van der Waals surface area contributed by atoms with Crippen LogP contribution in [0.4, 0.5) is 14.5 Å². The van der Waals surface area contributed by atoms with Gasteiger partial charge in [-0.05, 0) is 49.1 Å². The van der Waals surface area contributed by atoms with E-state index in [9.17, 15) is 17.8 Å². The standard InChI is InChI=1S/C28H26F2N4O3S/c1-17-8-9-19-20(5-3-7-22(19)33-24(35)15-18-10-12-28(29,30)16-18)25(17)37-26-21(6-4-13-31-26)23-11-14-32-27(34-23)38(2)36/h3-9,11,13-14,18H,10,12,15-16H2,1-2H3,(H,33,35). The van der Waals surface area contributed by atoms with Crippen molar-refractivity contribution >= 4 is 33.2 Å². The van der Waals surface area contributed by atoms with E-state index in [-0.39, 0.29) is 36.2 Å². The number of aromatic nitrogens is 3. The first-order chi connectivity index (χ1) is 18.2. The first-order valence-corrected chi connectivity index (χ1v) is 13.8. The van der Waals surface area contributed by atoms with Crippen LogP contribution in [0.3, 0.4) is 0 Å². The first kappa shape index (κ1) is 25.8. The second-order valence-electron chi connectivity index (χ2n) is 9.47. The van der Waals surface area contributed by atoms with Crippen LogP contribution >= 0.6 is 0 Å². The van der Waals surface area contributed by atoms with Crippen molar-refractivity contribution in [1.29, 1.82) is 0 Å². The quantitative estimate of drug-likeness (QED) is 0.279. The fraction of sp³-hybridized carbons (Fsp3) is 0.286. The molecule has 5 rings (SSSR count). The van der Waals surface area contributed by atoms with Crippen molar-refractivity contribution in [3.8, 4) is 22.9 Å². The number of ether oxygens (including phenoxy) is 1. The number of fused-ring (bicyclic) bond motifs is 1. The smallest absolute Gasteiger partial charge is 0.248 e. The number of hydrogen-bond donors (Lipinski definition) is 1. The lowest BCUT2D eigenvalue weighted by molar-refractivity contribution is -0.117. The molecule has 7 nitrogen and oxygen atoms in total. The zero-order chi connectivity index (χ0) is 26.9. The number of anilines is 1. The summed E-state index contributed by atoms with van der Waals surface area (Å²) in [5.41, 5.74) is 2.56.